The molecule has 0 heterocycles. The highest BCUT2D eigenvalue weighted by molar-refractivity contribution is 7.83. The van der Waals surface area contributed by atoms with Crippen LogP contribution in [0, 0.1) is 0 Å². The van der Waals surface area contributed by atoms with Gasteiger partial charge in [-0.05, 0) is 24.8 Å². The second-order valence-corrected chi connectivity index (χ2v) is 1.85. The molecule has 0 aliphatic heterocycles. The van der Waals surface area contributed by atoms with Crippen LogP contribution in [0.2, 0.25) is 0 Å². The zero-order chi connectivity index (χ0) is 5.86. The molecule has 0 atom stereocenters. The van der Waals surface area contributed by atoms with Crippen molar-refractivity contribution in [2.75, 3.05) is 0 Å². The van der Waals surface area contributed by atoms with E-state index in [-0.39, 0.29) is 0 Å². The molecule has 7 heavy (non-hydrogen) atoms. The largest absolute Gasteiger partial charge is 0.151 e. The van der Waals surface area contributed by atoms with Crippen LogP contribution in [0.15, 0.2) is 23.1 Å². The zero-order valence-corrected chi connectivity index (χ0v) is 5.63. The average molecular weight is 114 g/mol. The molecule has 1 heteroatoms. The van der Waals surface area contributed by atoms with Crippen molar-refractivity contribution in [1.82, 2.24) is 0 Å². The van der Waals surface area contributed by atoms with E-state index >= 15 is 0 Å². The van der Waals surface area contributed by atoms with Crippen molar-refractivity contribution in [3.63, 3.8) is 0 Å². The molecule has 0 aliphatic carbocycles. The second kappa shape index (κ2) is 2.92. The Hall–Kier alpha value is -0.170. The molecule has 0 aromatic rings. The van der Waals surface area contributed by atoms with E-state index in [0.717, 1.165) is 11.1 Å². The first-order chi connectivity index (χ1) is 3.18. The first-order valence-corrected chi connectivity index (χ1v) is 2.67. The minimum atomic E-state index is 1.08. The van der Waals surface area contributed by atoms with Crippen molar-refractivity contribution < 1.29 is 0 Å². The number of hydrogen-bond donors (Lipinski definition) is 1. The maximum atomic E-state index is 3.93. The third-order valence-electron chi connectivity index (χ3n) is 0.867. The Morgan fingerprint density at radius 3 is 2.00 bits per heavy atom. The molecular formula is C6H10S. The Morgan fingerprint density at radius 1 is 1.57 bits per heavy atom. The summed E-state index contributed by atoms with van der Waals surface area (Å²) in [5.74, 6) is 0. The summed E-state index contributed by atoms with van der Waals surface area (Å²) in [6.07, 6.45) is 0. The van der Waals surface area contributed by atoms with Crippen molar-refractivity contribution in [2.24, 2.45) is 0 Å². The normalized spacial score (nSPS) is 11.6. The minimum absolute atomic E-state index is 1.08. The summed E-state index contributed by atoms with van der Waals surface area (Å²) in [4.78, 5) is 0. The highest BCUT2D eigenvalue weighted by Gasteiger charge is 1.81. The predicted molar refractivity (Wildman–Crippen MR) is 37.6 cm³/mol. The van der Waals surface area contributed by atoms with E-state index in [1.54, 1.807) is 5.41 Å². The number of allylic oxidation sites excluding steroid dienone is 2. The molecule has 0 aliphatic rings. The van der Waals surface area contributed by atoms with Crippen molar-refractivity contribution in [1.29, 1.82) is 0 Å². The molecule has 0 saturated carbocycles. The van der Waals surface area contributed by atoms with Crippen molar-refractivity contribution in [2.45, 2.75) is 13.8 Å². The number of thiol groups is 1. The van der Waals surface area contributed by atoms with Gasteiger partial charge in [-0.3, -0.25) is 0 Å². The Balaban J connectivity index is 3.82. The molecule has 0 saturated heterocycles. The lowest BCUT2D eigenvalue weighted by Crippen LogP contribution is -1.70. The maximum Gasteiger partial charge on any atom is -0.0292 e. The molecule has 0 rings (SSSR count). The number of hydrogen-bond acceptors (Lipinski definition) is 1. The van der Waals surface area contributed by atoms with Gasteiger partial charge in [-0.1, -0.05) is 12.2 Å². The molecule has 0 nitrogen and oxygen atoms in total. The molecule has 0 fully saturated rings. The smallest absolute Gasteiger partial charge is 0.0292 e. The molecule has 0 aromatic carbocycles. The van der Waals surface area contributed by atoms with Gasteiger partial charge in [-0.15, -0.1) is 0 Å². The van der Waals surface area contributed by atoms with Gasteiger partial charge in [-0.2, -0.15) is 12.6 Å². The standard InChI is InChI=1S/C6H10S/c1-5(2)6(3)4-7/h4,7H,1H2,2-3H3/b6-4-. The zero-order valence-electron chi connectivity index (χ0n) is 4.73. The van der Waals surface area contributed by atoms with Gasteiger partial charge < -0.3 is 0 Å². The van der Waals surface area contributed by atoms with Gasteiger partial charge in [0.15, 0.2) is 0 Å². The molecule has 0 radical (unpaired) electrons. The summed E-state index contributed by atoms with van der Waals surface area (Å²) in [7, 11) is 0. The summed E-state index contributed by atoms with van der Waals surface area (Å²) < 4.78 is 0. The third kappa shape index (κ3) is 2.52. The summed E-state index contributed by atoms with van der Waals surface area (Å²) in [5.41, 5.74) is 2.22. The lowest BCUT2D eigenvalue weighted by Gasteiger charge is -1.91. The van der Waals surface area contributed by atoms with Crippen LogP contribution in [0.4, 0.5) is 0 Å². The van der Waals surface area contributed by atoms with Gasteiger partial charge in [0, 0.05) is 0 Å². The van der Waals surface area contributed by atoms with Crippen LogP contribution in [0.3, 0.4) is 0 Å². The molecule has 0 bridgehead atoms. The first kappa shape index (κ1) is 6.83. The average Bonchev–Trinajstić information content (AvgIpc) is 1.65. The molecule has 0 amide bonds. The summed E-state index contributed by atoms with van der Waals surface area (Å²) in [6, 6.07) is 0. The lowest BCUT2D eigenvalue weighted by atomic mass is 10.2. The van der Waals surface area contributed by atoms with Crippen LogP contribution in [-0.2, 0) is 0 Å². The van der Waals surface area contributed by atoms with Gasteiger partial charge in [-0.25, -0.2) is 0 Å². The Kier molecular flexibility index (Phi) is 2.84. The lowest BCUT2D eigenvalue weighted by molar-refractivity contribution is 1.38. The SMILES string of the molecule is C=C(C)/C(C)=C\S. The third-order valence-corrected chi connectivity index (χ3v) is 1.25. The molecular weight excluding hydrogens is 104 g/mol. The van der Waals surface area contributed by atoms with Crippen LogP contribution in [-0.4, -0.2) is 0 Å². The van der Waals surface area contributed by atoms with Crippen LogP contribution in [0.5, 0.6) is 0 Å². The predicted octanol–water partition coefficient (Wildman–Crippen LogP) is 2.40. The second-order valence-electron chi connectivity index (χ2n) is 1.59. The molecule has 0 spiro atoms. The molecule has 0 aromatic heterocycles. The van der Waals surface area contributed by atoms with Crippen LogP contribution >= 0.6 is 12.6 Å². The van der Waals surface area contributed by atoms with Crippen LogP contribution in [0.1, 0.15) is 13.8 Å². The number of rotatable bonds is 1. The van der Waals surface area contributed by atoms with E-state index in [2.05, 4.69) is 19.2 Å². The minimum Gasteiger partial charge on any atom is -0.151 e. The van der Waals surface area contributed by atoms with Crippen LogP contribution < -0.4 is 0 Å². The van der Waals surface area contributed by atoms with Gasteiger partial charge in [0.25, 0.3) is 0 Å². The van der Waals surface area contributed by atoms with Gasteiger partial charge in [0.05, 0.1) is 0 Å². The fourth-order valence-electron chi connectivity index (χ4n) is 0.110. The highest BCUT2D eigenvalue weighted by Crippen LogP contribution is 2.04. The Morgan fingerprint density at radius 2 is 2.00 bits per heavy atom. The first-order valence-electron chi connectivity index (χ1n) is 2.15. The van der Waals surface area contributed by atoms with E-state index in [1.807, 2.05) is 13.8 Å². The van der Waals surface area contributed by atoms with E-state index in [4.69, 9.17) is 0 Å². The fraction of sp³-hybridized carbons (Fsp3) is 0.333. The van der Waals surface area contributed by atoms with Crippen molar-refractivity contribution in [3.8, 4) is 0 Å². The quantitative estimate of drug-likeness (QED) is 0.393. The summed E-state index contributed by atoms with van der Waals surface area (Å²) in [5, 5.41) is 1.75. The van der Waals surface area contributed by atoms with Gasteiger partial charge >= 0.3 is 0 Å². The van der Waals surface area contributed by atoms with E-state index in [9.17, 15) is 0 Å². The van der Waals surface area contributed by atoms with Crippen molar-refractivity contribution in [3.05, 3.63) is 23.1 Å². The van der Waals surface area contributed by atoms with Crippen LogP contribution in [0.25, 0.3) is 0 Å². The summed E-state index contributed by atoms with van der Waals surface area (Å²) >= 11 is 3.93. The van der Waals surface area contributed by atoms with Gasteiger partial charge in [0.1, 0.15) is 0 Å². The molecule has 40 valence electrons. The van der Waals surface area contributed by atoms with Crippen molar-refractivity contribution >= 4 is 12.6 Å². The topological polar surface area (TPSA) is 0 Å². The highest BCUT2D eigenvalue weighted by atomic mass is 32.1. The Labute approximate surface area is 50.3 Å². The maximum absolute atomic E-state index is 3.93. The van der Waals surface area contributed by atoms with E-state index < -0.39 is 0 Å². The van der Waals surface area contributed by atoms with E-state index in [0.29, 0.717) is 0 Å². The van der Waals surface area contributed by atoms with Gasteiger partial charge in [0.2, 0.25) is 0 Å². The monoisotopic (exact) mass is 114 g/mol. The fourth-order valence-corrected chi connectivity index (χ4v) is 0.331. The molecule has 0 N–H and O–H groups in total. The summed E-state index contributed by atoms with van der Waals surface area (Å²) in [6.45, 7) is 7.65. The molecule has 0 unspecified atom stereocenters. The Bertz CT molecular complexity index is 101. The van der Waals surface area contributed by atoms with E-state index in [1.165, 1.54) is 0 Å².